The smallest absolute Gasteiger partial charge is 0.129 e. The van der Waals surface area contributed by atoms with Crippen LogP contribution in [0.3, 0.4) is 0 Å². The molecule has 0 fully saturated rings. The molecular weight excluding hydrogens is 166 g/mol. The van der Waals surface area contributed by atoms with Crippen molar-refractivity contribution in [1.29, 1.82) is 0 Å². The highest BCUT2D eigenvalue weighted by Gasteiger charge is 1.95. The molecule has 0 amide bonds. The zero-order chi connectivity index (χ0) is 9.52. The Labute approximate surface area is 78.4 Å². The molecule has 0 aliphatic rings. The number of rotatable bonds is 5. The van der Waals surface area contributed by atoms with Crippen molar-refractivity contribution in [2.75, 3.05) is 25.6 Å². The largest absolute Gasteiger partial charge is 0.383 e. The summed E-state index contributed by atoms with van der Waals surface area (Å²) < 4.78 is 4.91. The van der Waals surface area contributed by atoms with Gasteiger partial charge in [0.2, 0.25) is 0 Å². The van der Waals surface area contributed by atoms with Gasteiger partial charge in [0.25, 0.3) is 0 Å². The topological polar surface area (TPSA) is 47.0 Å². The third-order valence-corrected chi connectivity index (χ3v) is 1.70. The molecule has 1 aromatic heterocycles. The van der Waals surface area contributed by atoms with E-state index in [0.717, 1.165) is 24.5 Å². The molecule has 0 spiro atoms. The van der Waals surface area contributed by atoms with Crippen molar-refractivity contribution in [3.8, 4) is 0 Å². The van der Waals surface area contributed by atoms with Crippen molar-refractivity contribution in [2.24, 2.45) is 0 Å². The molecule has 4 heteroatoms. The highest BCUT2D eigenvalue weighted by molar-refractivity contribution is 5.34. The van der Waals surface area contributed by atoms with Crippen LogP contribution in [0.15, 0.2) is 12.4 Å². The summed E-state index contributed by atoms with van der Waals surface area (Å²) in [7, 11) is 1.68. The molecule has 1 rings (SSSR count). The van der Waals surface area contributed by atoms with E-state index in [1.54, 1.807) is 13.4 Å². The lowest BCUT2D eigenvalue weighted by Gasteiger charge is -2.04. The van der Waals surface area contributed by atoms with Gasteiger partial charge in [-0.3, -0.25) is 0 Å². The van der Waals surface area contributed by atoms with Gasteiger partial charge in [0, 0.05) is 25.4 Å². The summed E-state index contributed by atoms with van der Waals surface area (Å²) in [6.07, 6.45) is 2.51. The van der Waals surface area contributed by atoms with Gasteiger partial charge in [-0.15, -0.1) is 0 Å². The minimum atomic E-state index is 0.686. The first-order valence-corrected chi connectivity index (χ1v) is 4.40. The molecule has 0 bridgehead atoms. The summed E-state index contributed by atoms with van der Waals surface area (Å²) in [6, 6.07) is 1.95. The van der Waals surface area contributed by atoms with Crippen molar-refractivity contribution in [3.05, 3.63) is 18.1 Å². The van der Waals surface area contributed by atoms with Crippen molar-refractivity contribution in [2.45, 2.75) is 13.3 Å². The lowest BCUT2D eigenvalue weighted by molar-refractivity contribution is 0.210. The van der Waals surface area contributed by atoms with E-state index in [2.05, 4.69) is 22.2 Å². The van der Waals surface area contributed by atoms with Crippen LogP contribution in [0.25, 0.3) is 0 Å². The van der Waals surface area contributed by atoms with Crippen molar-refractivity contribution < 1.29 is 4.74 Å². The van der Waals surface area contributed by atoms with Crippen LogP contribution in [0, 0.1) is 0 Å². The Hall–Kier alpha value is -1.16. The maximum absolute atomic E-state index is 4.91. The fraction of sp³-hybridized carbons (Fsp3) is 0.556. The molecule has 0 radical (unpaired) electrons. The van der Waals surface area contributed by atoms with Crippen LogP contribution in [0.5, 0.6) is 0 Å². The molecule has 0 atom stereocenters. The van der Waals surface area contributed by atoms with E-state index in [0.29, 0.717) is 6.61 Å². The molecule has 0 aromatic carbocycles. The van der Waals surface area contributed by atoms with E-state index in [4.69, 9.17) is 4.74 Å². The summed E-state index contributed by atoms with van der Waals surface area (Å²) in [5.74, 6) is 0.865. The predicted octanol–water partition coefficient (Wildman–Crippen LogP) is 1.10. The number of hydrogen-bond donors (Lipinski definition) is 1. The lowest BCUT2D eigenvalue weighted by Crippen LogP contribution is -2.09. The van der Waals surface area contributed by atoms with Crippen LogP contribution >= 0.6 is 0 Å². The van der Waals surface area contributed by atoms with Crippen LogP contribution in [0.4, 0.5) is 5.82 Å². The fourth-order valence-corrected chi connectivity index (χ4v) is 0.969. The standard InChI is InChI=1S/C9H15N3O/c1-3-8-6-9(12-7-11-8)10-4-5-13-2/h6-7H,3-5H2,1-2H3,(H,10,11,12). The van der Waals surface area contributed by atoms with Crippen molar-refractivity contribution >= 4 is 5.82 Å². The number of nitrogens with one attached hydrogen (secondary N) is 1. The molecule has 72 valence electrons. The predicted molar refractivity (Wildman–Crippen MR) is 51.8 cm³/mol. The number of hydrogen-bond acceptors (Lipinski definition) is 4. The molecule has 4 nitrogen and oxygen atoms in total. The number of anilines is 1. The second-order valence-corrected chi connectivity index (χ2v) is 2.67. The molecule has 0 saturated heterocycles. The van der Waals surface area contributed by atoms with E-state index in [1.807, 2.05) is 6.07 Å². The molecule has 1 aromatic rings. The van der Waals surface area contributed by atoms with Crippen LogP contribution in [-0.2, 0) is 11.2 Å². The van der Waals surface area contributed by atoms with Gasteiger partial charge >= 0.3 is 0 Å². The third-order valence-electron chi connectivity index (χ3n) is 1.70. The molecule has 13 heavy (non-hydrogen) atoms. The Kier molecular flexibility index (Phi) is 4.18. The van der Waals surface area contributed by atoms with Gasteiger partial charge in [-0.05, 0) is 6.42 Å². The average molecular weight is 181 g/mol. The highest BCUT2D eigenvalue weighted by atomic mass is 16.5. The number of ether oxygens (including phenoxy) is 1. The summed E-state index contributed by atoms with van der Waals surface area (Å²) >= 11 is 0. The number of methoxy groups -OCH3 is 1. The van der Waals surface area contributed by atoms with Gasteiger partial charge in [-0.2, -0.15) is 0 Å². The monoisotopic (exact) mass is 181 g/mol. The quantitative estimate of drug-likeness (QED) is 0.691. The average Bonchev–Trinajstić information content (AvgIpc) is 2.19. The molecule has 0 saturated carbocycles. The zero-order valence-electron chi connectivity index (χ0n) is 8.08. The summed E-state index contributed by atoms with van der Waals surface area (Å²) in [4.78, 5) is 8.19. The van der Waals surface area contributed by atoms with Gasteiger partial charge in [0.15, 0.2) is 0 Å². The Bertz CT molecular complexity index is 252. The fourth-order valence-electron chi connectivity index (χ4n) is 0.969. The highest BCUT2D eigenvalue weighted by Crippen LogP contribution is 2.03. The van der Waals surface area contributed by atoms with Crippen molar-refractivity contribution in [3.63, 3.8) is 0 Å². The second kappa shape index (κ2) is 5.48. The first-order valence-electron chi connectivity index (χ1n) is 4.40. The molecule has 1 N–H and O–H groups in total. The van der Waals surface area contributed by atoms with Crippen LogP contribution in [0.1, 0.15) is 12.6 Å². The molecule has 0 aliphatic carbocycles. The molecule has 0 aliphatic heterocycles. The Morgan fingerprint density at radius 1 is 1.46 bits per heavy atom. The van der Waals surface area contributed by atoms with Crippen molar-refractivity contribution in [1.82, 2.24) is 9.97 Å². The number of nitrogens with zero attached hydrogens (tertiary/aromatic N) is 2. The van der Waals surface area contributed by atoms with E-state index >= 15 is 0 Å². The molecular formula is C9H15N3O. The number of aromatic nitrogens is 2. The van der Waals surface area contributed by atoms with E-state index in [-0.39, 0.29) is 0 Å². The maximum Gasteiger partial charge on any atom is 0.129 e. The van der Waals surface area contributed by atoms with Crippen LogP contribution in [0.2, 0.25) is 0 Å². The summed E-state index contributed by atoms with van der Waals surface area (Å²) in [6.45, 7) is 3.53. The van der Waals surface area contributed by atoms with Gasteiger partial charge < -0.3 is 10.1 Å². The first kappa shape index (κ1) is 9.92. The van der Waals surface area contributed by atoms with Gasteiger partial charge in [-0.1, -0.05) is 6.92 Å². The van der Waals surface area contributed by atoms with E-state index < -0.39 is 0 Å². The first-order chi connectivity index (χ1) is 6.36. The number of aryl methyl sites for hydroxylation is 1. The molecule has 0 unspecified atom stereocenters. The normalized spacial score (nSPS) is 10.0. The lowest BCUT2D eigenvalue weighted by atomic mass is 10.3. The third kappa shape index (κ3) is 3.38. The SMILES string of the molecule is CCc1cc(NCCOC)ncn1. The van der Waals surface area contributed by atoms with Crippen LogP contribution in [-0.4, -0.2) is 30.2 Å². The summed E-state index contributed by atoms with van der Waals surface area (Å²) in [5.41, 5.74) is 1.05. The van der Waals surface area contributed by atoms with Crippen LogP contribution < -0.4 is 5.32 Å². The zero-order valence-corrected chi connectivity index (χ0v) is 8.08. The Balaban J connectivity index is 2.46. The van der Waals surface area contributed by atoms with E-state index in [1.165, 1.54) is 0 Å². The minimum absolute atomic E-state index is 0.686. The van der Waals surface area contributed by atoms with Gasteiger partial charge in [0.05, 0.1) is 6.61 Å². The van der Waals surface area contributed by atoms with E-state index in [9.17, 15) is 0 Å². The van der Waals surface area contributed by atoms with Gasteiger partial charge in [-0.25, -0.2) is 9.97 Å². The second-order valence-electron chi connectivity index (χ2n) is 2.67. The maximum atomic E-state index is 4.91. The summed E-state index contributed by atoms with van der Waals surface area (Å²) in [5, 5.41) is 3.14. The van der Waals surface area contributed by atoms with Gasteiger partial charge in [0.1, 0.15) is 12.1 Å². The molecule has 1 heterocycles. The minimum Gasteiger partial charge on any atom is -0.383 e. The Morgan fingerprint density at radius 3 is 3.00 bits per heavy atom. The Morgan fingerprint density at radius 2 is 2.31 bits per heavy atom.